The van der Waals surface area contributed by atoms with Crippen LogP contribution in [0.15, 0.2) is 35.5 Å². The van der Waals surface area contributed by atoms with Crippen molar-refractivity contribution in [2.45, 2.75) is 31.3 Å². The molecule has 0 atom stereocenters. The summed E-state index contributed by atoms with van der Waals surface area (Å²) in [6.45, 7) is 4.08. The predicted molar refractivity (Wildman–Crippen MR) is 81.5 cm³/mol. The van der Waals surface area contributed by atoms with E-state index in [-0.39, 0.29) is 5.78 Å². The highest BCUT2D eigenvalue weighted by atomic mass is 35.5. The van der Waals surface area contributed by atoms with Gasteiger partial charge in [-0.1, -0.05) is 46.6 Å². The molecule has 0 aliphatic rings. The molecule has 0 bridgehead atoms. The van der Waals surface area contributed by atoms with Gasteiger partial charge in [0.2, 0.25) is 5.02 Å². The van der Waals surface area contributed by atoms with Crippen LogP contribution in [0.25, 0.3) is 0 Å². The van der Waals surface area contributed by atoms with E-state index in [1.165, 1.54) is 5.20 Å². The topological polar surface area (TPSA) is 26.3 Å². The van der Waals surface area contributed by atoms with Gasteiger partial charge in [-0.15, -0.1) is 0 Å². The second kappa shape index (κ2) is 8.41. The Labute approximate surface area is 126 Å². The lowest BCUT2D eigenvalue weighted by Crippen LogP contribution is -2.07. The predicted octanol–water partition coefficient (Wildman–Crippen LogP) is 4.45. The average Bonchev–Trinajstić information content (AvgIpc) is 2.38. The van der Waals surface area contributed by atoms with Crippen LogP contribution < -0.4 is 4.74 Å². The smallest absolute Gasteiger partial charge is 0.247 e. The zero-order chi connectivity index (χ0) is 14.3. The third-order valence-corrected chi connectivity index (χ3v) is 4.12. The molecule has 0 unspecified atom stereocenters. The zero-order valence-electron chi connectivity index (χ0n) is 11.0. The maximum absolute atomic E-state index is 12.1. The lowest BCUT2D eigenvalue weighted by Gasteiger charge is -2.10. The molecule has 0 aliphatic heterocycles. The molecule has 2 nitrogen and oxygen atoms in total. The van der Waals surface area contributed by atoms with Gasteiger partial charge in [0.1, 0.15) is 5.75 Å². The van der Waals surface area contributed by atoms with Crippen LogP contribution in [0.3, 0.4) is 0 Å². The molecule has 0 fully saturated rings. The van der Waals surface area contributed by atoms with Crippen LogP contribution in [0.2, 0.25) is 6.04 Å². The number of ketones is 1. The third-order valence-electron chi connectivity index (χ3n) is 2.59. The third kappa shape index (κ3) is 5.81. The highest BCUT2D eigenvalue weighted by molar-refractivity contribution is 6.45. The monoisotopic (exact) mass is 314 g/mol. The Bertz CT molecular complexity index is 459. The van der Waals surface area contributed by atoms with Crippen LogP contribution in [0, 0.1) is 0 Å². The molecule has 2 radical (unpaired) electrons. The minimum Gasteiger partial charge on any atom is -0.460 e. The van der Waals surface area contributed by atoms with E-state index in [0.29, 0.717) is 27.3 Å². The summed E-state index contributed by atoms with van der Waals surface area (Å²) in [4.78, 5) is 12.1. The number of ether oxygens (including phenoxy) is 1. The van der Waals surface area contributed by atoms with Crippen molar-refractivity contribution >= 4 is 38.5 Å². The van der Waals surface area contributed by atoms with Crippen LogP contribution in [0.4, 0.5) is 0 Å². The Morgan fingerprint density at radius 3 is 2.74 bits per heavy atom. The van der Waals surface area contributed by atoms with E-state index in [9.17, 15) is 4.79 Å². The van der Waals surface area contributed by atoms with Crippen molar-refractivity contribution in [2.75, 3.05) is 0 Å². The summed E-state index contributed by atoms with van der Waals surface area (Å²) in [5.74, 6) is 0.495. The minimum atomic E-state index is -0.971. The van der Waals surface area contributed by atoms with E-state index >= 15 is 0 Å². The largest absolute Gasteiger partial charge is 0.460 e. The van der Waals surface area contributed by atoms with Gasteiger partial charge in [0, 0.05) is 6.42 Å². The molecule has 0 saturated carbocycles. The van der Waals surface area contributed by atoms with E-state index in [2.05, 4.69) is 13.0 Å². The molecule has 1 aromatic rings. The molecule has 0 aliphatic carbocycles. The van der Waals surface area contributed by atoms with Crippen molar-refractivity contribution in [3.8, 4) is 5.75 Å². The van der Waals surface area contributed by atoms with Gasteiger partial charge in [-0.3, -0.25) is 4.79 Å². The first-order chi connectivity index (χ1) is 9.04. The lowest BCUT2D eigenvalue weighted by atomic mass is 10.1. The molecule has 0 spiro atoms. The number of rotatable bonds is 7. The number of carbonyl (C=O) groups is 1. The summed E-state index contributed by atoms with van der Waals surface area (Å²) >= 11 is 11.2. The lowest BCUT2D eigenvalue weighted by molar-refractivity contribution is 0.0984. The Morgan fingerprint density at radius 1 is 1.42 bits per heavy atom. The maximum atomic E-state index is 12.1. The number of para-hydroxylation sites is 1. The van der Waals surface area contributed by atoms with Crippen LogP contribution in [-0.2, 0) is 0 Å². The Hall–Kier alpha value is -0.773. The van der Waals surface area contributed by atoms with Gasteiger partial charge in [-0.2, -0.15) is 0 Å². The van der Waals surface area contributed by atoms with Crippen LogP contribution >= 0.6 is 23.2 Å². The Balaban J connectivity index is 2.66. The molecule has 0 heterocycles. The molecule has 5 heteroatoms. The second-order valence-corrected chi connectivity index (χ2v) is 6.60. The van der Waals surface area contributed by atoms with Crippen LogP contribution in [-0.4, -0.2) is 20.3 Å². The number of allylic oxidation sites excluding steroid dienone is 2. The molecule has 1 rings (SSSR count). The fraction of sp³-hybridized carbons (Fsp3) is 0.357. The van der Waals surface area contributed by atoms with Crippen LogP contribution in [0.5, 0.6) is 5.75 Å². The standard InChI is InChI=1S/C14H16Cl2O2Si/c1-3-10(2)19-9-8-12(17)11-6-4-5-7-13(11)18-14(15)16/h3-7,14H,8-9H2,1-2H3. The molecular weight excluding hydrogens is 299 g/mol. The van der Waals surface area contributed by atoms with Gasteiger partial charge < -0.3 is 4.74 Å². The minimum absolute atomic E-state index is 0.0565. The molecule has 0 N–H and O–H groups in total. The van der Waals surface area contributed by atoms with E-state index in [0.717, 1.165) is 6.04 Å². The second-order valence-electron chi connectivity index (χ2n) is 3.95. The van der Waals surface area contributed by atoms with Crippen molar-refractivity contribution in [2.24, 2.45) is 0 Å². The first kappa shape index (κ1) is 16.3. The number of hydrogen-bond acceptors (Lipinski definition) is 2. The summed E-state index contributed by atoms with van der Waals surface area (Å²) in [5, 5.41) is 0.347. The van der Waals surface area contributed by atoms with Crippen LogP contribution in [0.1, 0.15) is 30.6 Å². The molecule has 102 valence electrons. The van der Waals surface area contributed by atoms with Crippen molar-refractivity contribution in [3.05, 3.63) is 41.1 Å². The Kier molecular flexibility index (Phi) is 7.21. The van der Waals surface area contributed by atoms with Gasteiger partial charge in [0.05, 0.1) is 15.1 Å². The SMILES string of the molecule is CC=C(C)[Si]CCC(=O)c1ccccc1OC(Cl)Cl. The first-order valence-corrected chi connectivity index (χ1v) is 8.06. The fourth-order valence-corrected chi connectivity index (χ4v) is 2.65. The maximum Gasteiger partial charge on any atom is 0.247 e. The van der Waals surface area contributed by atoms with Gasteiger partial charge in [0.25, 0.3) is 0 Å². The van der Waals surface area contributed by atoms with Crippen molar-refractivity contribution in [3.63, 3.8) is 0 Å². The van der Waals surface area contributed by atoms with Gasteiger partial charge in [-0.25, -0.2) is 0 Å². The molecule has 19 heavy (non-hydrogen) atoms. The number of halogens is 2. The van der Waals surface area contributed by atoms with Gasteiger partial charge >= 0.3 is 0 Å². The molecule has 1 aromatic carbocycles. The van der Waals surface area contributed by atoms with Crippen molar-refractivity contribution in [1.29, 1.82) is 0 Å². The molecule has 0 aromatic heterocycles. The van der Waals surface area contributed by atoms with E-state index in [1.54, 1.807) is 24.3 Å². The summed E-state index contributed by atoms with van der Waals surface area (Å²) in [6.07, 6.45) is 2.57. The van der Waals surface area contributed by atoms with E-state index < -0.39 is 5.02 Å². The average molecular weight is 315 g/mol. The normalized spacial score (nSPS) is 11.7. The van der Waals surface area contributed by atoms with E-state index in [1.807, 2.05) is 6.92 Å². The molecular formula is C14H16Cl2O2Si. The summed E-state index contributed by atoms with van der Waals surface area (Å²) in [5.41, 5.74) is 0.539. The summed E-state index contributed by atoms with van der Waals surface area (Å²) in [7, 11) is 0.684. The zero-order valence-corrected chi connectivity index (χ0v) is 13.5. The molecule has 0 saturated heterocycles. The summed E-state index contributed by atoms with van der Waals surface area (Å²) < 4.78 is 5.22. The first-order valence-electron chi connectivity index (χ1n) is 5.98. The van der Waals surface area contributed by atoms with Crippen molar-refractivity contribution < 1.29 is 9.53 Å². The highest BCUT2D eigenvalue weighted by Crippen LogP contribution is 2.23. The number of alkyl halides is 2. The number of carbonyl (C=O) groups excluding carboxylic acids is 1. The van der Waals surface area contributed by atoms with E-state index in [4.69, 9.17) is 27.9 Å². The van der Waals surface area contributed by atoms with Gasteiger partial charge in [-0.05, 0) is 32.0 Å². The quantitative estimate of drug-likeness (QED) is 0.422. The number of hydrogen-bond donors (Lipinski definition) is 0. The number of Topliss-reactive ketones (excluding diaryl/α,β-unsaturated/α-hetero) is 1. The highest BCUT2D eigenvalue weighted by Gasteiger charge is 2.13. The molecule has 0 amide bonds. The number of benzene rings is 1. The van der Waals surface area contributed by atoms with Crippen molar-refractivity contribution in [1.82, 2.24) is 0 Å². The van der Waals surface area contributed by atoms with Gasteiger partial charge in [0.15, 0.2) is 5.78 Å². The Morgan fingerprint density at radius 2 is 2.11 bits per heavy atom. The fourth-order valence-electron chi connectivity index (χ4n) is 1.51. The summed E-state index contributed by atoms with van der Waals surface area (Å²) in [6, 6.07) is 7.88.